The van der Waals surface area contributed by atoms with Gasteiger partial charge in [-0.05, 0) is 29.0 Å². The van der Waals surface area contributed by atoms with Gasteiger partial charge in [-0.1, -0.05) is 43.5 Å². The van der Waals surface area contributed by atoms with Crippen molar-refractivity contribution in [3.63, 3.8) is 0 Å². The van der Waals surface area contributed by atoms with Crippen molar-refractivity contribution < 1.29 is 0 Å². The van der Waals surface area contributed by atoms with Gasteiger partial charge < -0.3 is 9.69 Å². The third-order valence-corrected chi connectivity index (χ3v) is 4.56. The summed E-state index contributed by atoms with van der Waals surface area (Å²) in [5.41, 5.74) is 2.06. The lowest BCUT2D eigenvalue weighted by Gasteiger charge is -2.08. The second-order valence-electron chi connectivity index (χ2n) is 5.90. The van der Waals surface area contributed by atoms with E-state index < -0.39 is 0 Å². The first-order chi connectivity index (χ1) is 12.8. The molecule has 0 saturated heterocycles. The van der Waals surface area contributed by atoms with Crippen LogP contribution in [0.1, 0.15) is 0 Å². The summed E-state index contributed by atoms with van der Waals surface area (Å²) >= 11 is 0. The molecule has 0 aliphatic rings. The van der Waals surface area contributed by atoms with Crippen LogP contribution in [0.15, 0.2) is 54.7 Å². The van der Waals surface area contributed by atoms with Crippen molar-refractivity contribution in [3.05, 3.63) is 77.6 Å². The Morgan fingerprint density at radius 2 is 1.35 bits per heavy atom. The van der Waals surface area contributed by atoms with Gasteiger partial charge in [0.1, 0.15) is 0 Å². The van der Waals surface area contributed by atoms with Gasteiger partial charge in [0, 0.05) is 17.0 Å². The minimum atomic E-state index is 0.0257. The molecule has 3 aromatic carbocycles. The number of pyridine rings is 1. The fraction of sp³-hybridized carbons (Fsp3) is 0. The van der Waals surface area contributed by atoms with Crippen LogP contribution in [0.2, 0.25) is 0 Å². The van der Waals surface area contributed by atoms with Crippen molar-refractivity contribution >= 4 is 55.1 Å². The first kappa shape index (κ1) is 14.3. The van der Waals surface area contributed by atoms with Gasteiger partial charge in [-0.25, -0.2) is 0 Å². The van der Waals surface area contributed by atoms with Crippen LogP contribution < -0.4 is 0 Å². The molecule has 5 aromatic rings. The number of benzene rings is 3. The summed E-state index contributed by atoms with van der Waals surface area (Å²) in [6, 6.07) is 15.9. The lowest BCUT2D eigenvalue weighted by Crippen LogP contribution is -1.92. The number of nitrogens with zero attached hydrogens (tertiary/aromatic N) is 5. The van der Waals surface area contributed by atoms with E-state index in [0.29, 0.717) is 11.0 Å². The van der Waals surface area contributed by atoms with Crippen LogP contribution in [0.3, 0.4) is 0 Å². The second-order valence-corrected chi connectivity index (χ2v) is 5.90. The summed E-state index contributed by atoms with van der Waals surface area (Å²) in [6.07, 6.45) is 1.76. The van der Waals surface area contributed by atoms with Gasteiger partial charge in [0.05, 0.1) is 10.9 Å². The van der Waals surface area contributed by atoms with Crippen molar-refractivity contribution in [3.8, 4) is 0 Å². The summed E-state index contributed by atoms with van der Waals surface area (Å²) in [5.74, 6) is 0.0583. The molecule has 0 aliphatic heterocycles. The summed E-state index contributed by atoms with van der Waals surface area (Å²) in [5, 5.41) is 4.91. The van der Waals surface area contributed by atoms with E-state index in [0.717, 1.165) is 32.4 Å². The van der Waals surface area contributed by atoms with Gasteiger partial charge in [-0.3, -0.25) is 4.98 Å². The van der Waals surface area contributed by atoms with Crippen molar-refractivity contribution in [2.24, 2.45) is 0 Å². The van der Waals surface area contributed by atoms with Gasteiger partial charge in [-0.15, -0.1) is 9.97 Å². The first-order valence-corrected chi connectivity index (χ1v) is 7.96. The predicted octanol–water partition coefficient (Wildman–Crippen LogP) is 5.59. The highest BCUT2D eigenvalue weighted by Crippen LogP contribution is 2.38. The Morgan fingerprint density at radius 3 is 2.12 bits per heavy atom. The molecule has 118 valence electrons. The van der Waals surface area contributed by atoms with Crippen LogP contribution >= 0.6 is 0 Å². The van der Waals surface area contributed by atoms with Crippen molar-refractivity contribution in [1.82, 2.24) is 15.0 Å². The topological polar surface area (TPSA) is 47.4 Å². The molecule has 0 amide bonds. The fourth-order valence-electron chi connectivity index (χ4n) is 3.46. The van der Waals surface area contributed by atoms with E-state index in [1.807, 2.05) is 36.4 Å². The Morgan fingerprint density at radius 1 is 0.654 bits per heavy atom. The van der Waals surface area contributed by atoms with Crippen molar-refractivity contribution in [2.45, 2.75) is 0 Å². The van der Waals surface area contributed by atoms with E-state index in [4.69, 9.17) is 13.1 Å². The average molecular weight is 331 g/mol. The summed E-state index contributed by atoms with van der Waals surface area (Å²) in [7, 11) is 0. The molecular weight excluding hydrogens is 322 g/mol. The number of fused-ring (bicyclic) bond motifs is 8. The number of rotatable bonds is 0. The highest BCUT2D eigenvalue weighted by atomic mass is 15.0. The SMILES string of the molecule is [C-]#[N+]c1nc2c3cccnc3c3c4ccccc4ccc3c2nc1[N+]#[C-]. The minimum Gasteiger partial charge on any atom is -0.370 e. The van der Waals surface area contributed by atoms with Crippen LogP contribution in [-0.2, 0) is 0 Å². The monoisotopic (exact) mass is 331 g/mol. The third-order valence-electron chi connectivity index (χ3n) is 4.56. The summed E-state index contributed by atoms with van der Waals surface area (Å²) < 4.78 is 0. The second kappa shape index (κ2) is 5.20. The van der Waals surface area contributed by atoms with Gasteiger partial charge in [0.15, 0.2) is 0 Å². The maximum absolute atomic E-state index is 7.33. The van der Waals surface area contributed by atoms with E-state index in [2.05, 4.69) is 36.8 Å². The standard InChI is InChI=1S/C21H9N5/c1-22-20-21(23-2)26-19-15-8-5-11-24-17(15)16-13-7-4-3-6-12(13)9-10-14(16)18(19)25-20/h3-11H. The summed E-state index contributed by atoms with van der Waals surface area (Å²) in [6.45, 7) is 14.6. The number of hydrogen-bond donors (Lipinski definition) is 0. The molecule has 0 fully saturated rings. The largest absolute Gasteiger partial charge is 0.370 e. The van der Waals surface area contributed by atoms with E-state index in [9.17, 15) is 0 Å². The van der Waals surface area contributed by atoms with Crippen LogP contribution in [0, 0.1) is 13.1 Å². The molecule has 0 N–H and O–H groups in total. The minimum absolute atomic E-state index is 0.0257. The molecule has 0 unspecified atom stereocenters. The van der Waals surface area contributed by atoms with Crippen LogP contribution in [0.4, 0.5) is 11.6 Å². The normalized spacial score (nSPS) is 11.0. The highest BCUT2D eigenvalue weighted by Gasteiger charge is 2.21. The molecule has 0 spiro atoms. The number of aromatic nitrogens is 3. The molecular formula is C21H9N5. The van der Waals surface area contributed by atoms with E-state index in [1.165, 1.54) is 0 Å². The third kappa shape index (κ3) is 1.80. The molecule has 26 heavy (non-hydrogen) atoms. The van der Waals surface area contributed by atoms with Gasteiger partial charge in [0.25, 0.3) is 11.6 Å². The molecule has 0 aliphatic carbocycles. The van der Waals surface area contributed by atoms with Gasteiger partial charge >= 0.3 is 0 Å². The predicted molar refractivity (Wildman–Crippen MR) is 102 cm³/mol. The van der Waals surface area contributed by atoms with Crippen LogP contribution in [-0.4, -0.2) is 15.0 Å². The van der Waals surface area contributed by atoms with Gasteiger partial charge in [-0.2, -0.15) is 0 Å². The fourth-order valence-corrected chi connectivity index (χ4v) is 3.46. The zero-order valence-electron chi connectivity index (χ0n) is 13.4. The molecule has 5 nitrogen and oxygen atoms in total. The molecule has 5 heteroatoms. The average Bonchev–Trinajstić information content (AvgIpc) is 2.72. The summed E-state index contributed by atoms with van der Waals surface area (Å²) in [4.78, 5) is 20.3. The van der Waals surface area contributed by atoms with E-state index >= 15 is 0 Å². The molecule has 5 rings (SSSR count). The lowest BCUT2D eigenvalue weighted by molar-refractivity contribution is 1.35. The Hall–Kier alpha value is -4.09. The maximum atomic E-state index is 7.33. The zero-order chi connectivity index (χ0) is 17.7. The molecule has 2 aromatic heterocycles. The Kier molecular flexibility index (Phi) is 2.86. The lowest BCUT2D eigenvalue weighted by atomic mass is 9.97. The molecule has 2 heterocycles. The Balaban J connectivity index is 2.18. The van der Waals surface area contributed by atoms with Crippen LogP contribution in [0.25, 0.3) is 53.2 Å². The maximum Gasteiger partial charge on any atom is 0.294 e. The van der Waals surface area contributed by atoms with Crippen molar-refractivity contribution in [1.29, 1.82) is 0 Å². The molecule has 0 bridgehead atoms. The van der Waals surface area contributed by atoms with Crippen molar-refractivity contribution in [2.75, 3.05) is 0 Å². The molecule has 0 radical (unpaired) electrons. The van der Waals surface area contributed by atoms with E-state index in [-0.39, 0.29) is 11.6 Å². The first-order valence-electron chi connectivity index (χ1n) is 7.96. The quantitative estimate of drug-likeness (QED) is 0.275. The number of hydrogen-bond acceptors (Lipinski definition) is 3. The Labute approximate surface area is 148 Å². The smallest absolute Gasteiger partial charge is 0.294 e. The Bertz CT molecular complexity index is 1460. The van der Waals surface area contributed by atoms with E-state index in [1.54, 1.807) is 6.20 Å². The molecule has 0 atom stereocenters. The zero-order valence-corrected chi connectivity index (χ0v) is 13.4. The van der Waals surface area contributed by atoms with Crippen LogP contribution in [0.5, 0.6) is 0 Å². The van der Waals surface area contributed by atoms with Gasteiger partial charge in [0.2, 0.25) is 11.0 Å². The highest BCUT2D eigenvalue weighted by molar-refractivity contribution is 6.29. The molecule has 0 saturated carbocycles.